The van der Waals surface area contributed by atoms with Crippen LogP contribution in [0.3, 0.4) is 0 Å². The van der Waals surface area contributed by atoms with Gasteiger partial charge in [-0.15, -0.1) is 0 Å². The fourth-order valence-electron chi connectivity index (χ4n) is 2.94. The molecule has 1 atom stereocenters. The van der Waals surface area contributed by atoms with Crippen LogP contribution in [0.5, 0.6) is 0 Å². The van der Waals surface area contributed by atoms with Crippen molar-refractivity contribution in [2.24, 2.45) is 0 Å². The summed E-state index contributed by atoms with van der Waals surface area (Å²) in [6.07, 6.45) is 3.43. The lowest BCUT2D eigenvalue weighted by molar-refractivity contribution is -0.115. The molecule has 2 saturated heterocycles. The molecule has 0 aliphatic carbocycles. The average Bonchev–Trinajstić information content (AvgIpc) is 3.14. The van der Waals surface area contributed by atoms with Crippen molar-refractivity contribution in [2.45, 2.75) is 38.8 Å². The molecule has 0 saturated carbocycles. The highest BCUT2D eigenvalue weighted by molar-refractivity contribution is 6.13. The molecule has 0 bridgehead atoms. The Bertz CT molecular complexity index is 832. The van der Waals surface area contributed by atoms with Gasteiger partial charge in [-0.2, -0.15) is 0 Å². The van der Waals surface area contributed by atoms with Crippen molar-refractivity contribution in [1.82, 2.24) is 25.5 Å². The maximum absolute atomic E-state index is 11.9. The first-order chi connectivity index (χ1) is 13.1. The highest BCUT2D eigenvalue weighted by Crippen LogP contribution is 2.19. The SMILES string of the molecule is CN1C(=O)NC(=O)C1=Cc1ccnc(N2CCC(NC(=O)OC(C)(C)C)C2)n1. The summed E-state index contributed by atoms with van der Waals surface area (Å²) in [5, 5.41) is 5.08. The van der Waals surface area contributed by atoms with Gasteiger partial charge in [0.05, 0.1) is 11.7 Å². The van der Waals surface area contributed by atoms with Crippen LogP contribution >= 0.6 is 0 Å². The van der Waals surface area contributed by atoms with Gasteiger partial charge in [-0.1, -0.05) is 0 Å². The molecule has 3 heterocycles. The standard InChI is InChI=1S/C18H24N6O4/c1-18(2,3)28-17(27)21-12-6-8-24(10-12)15-19-7-5-11(20-15)9-13-14(25)22-16(26)23(13)4/h5,7,9,12H,6,8,10H2,1-4H3,(H,21,27)(H,22,25,26). The van der Waals surface area contributed by atoms with Crippen LogP contribution in [0, 0.1) is 0 Å². The minimum Gasteiger partial charge on any atom is -0.444 e. The zero-order valence-electron chi connectivity index (χ0n) is 16.4. The molecule has 10 heteroatoms. The largest absolute Gasteiger partial charge is 0.444 e. The number of likely N-dealkylation sites (N-methyl/N-ethyl adjacent to an activating group) is 1. The second kappa shape index (κ2) is 7.45. The lowest BCUT2D eigenvalue weighted by atomic mass is 10.2. The molecule has 1 aromatic rings. The van der Waals surface area contributed by atoms with Gasteiger partial charge in [0.2, 0.25) is 5.95 Å². The number of carbonyl (C=O) groups excluding carboxylic acids is 3. The fourth-order valence-corrected chi connectivity index (χ4v) is 2.94. The minimum atomic E-state index is -0.547. The fraction of sp³-hybridized carbons (Fsp3) is 0.500. The molecular weight excluding hydrogens is 364 g/mol. The number of hydrogen-bond acceptors (Lipinski definition) is 7. The Balaban J connectivity index is 1.66. The highest BCUT2D eigenvalue weighted by Gasteiger charge is 2.30. The Hall–Kier alpha value is -3.17. The van der Waals surface area contributed by atoms with Crippen LogP contribution in [-0.2, 0) is 9.53 Å². The first-order valence-electron chi connectivity index (χ1n) is 9.00. The number of aromatic nitrogens is 2. The summed E-state index contributed by atoms with van der Waals surface area (Å²) >= 11 is 0. The van der Waals surface area contributed by atoms with Gasteiger partial charge in [0, 0.05) is 26.3 Å². The van der Waals surface area contributed by atoms with Gasteiger partial charge in [0.1, 0.15) is 11.3 Å². The number of hydrogen-bond donors (Lipinski definition) is 2. The van der Waals surface area contributed by atoms with Crippen LogP contribution < -0.4 is 15.5 Å². The first kappa shape index (κ1) is 19.6. The number of anilines is 1. The molecule has 28 heavy (non-hydrogen) atoms. The van der Waals surface area contributed by atoms with E-state index >= 15 is 0 Å². The van der Waals surface area contributed by atoms with E-state index in [1.807, 2.05) is 25.7 Å². The van der Waals surface area contributed by atoms with Crippen LogP contribution in [0.4, 0.5) is 15.5 Å². The van der Waals surface area contributed by atoms with Crippen molar-refractivity contribution in [3.63, 3.8) is 0 Å². The maximum Gasteiger partial charge on any atom is 0.407 e. The van der Waals surface area contributed by atoms with Gasteiger partial charge in [0.15, 0.2) is 0 Å². The van der Waals surface area contributed by atoms with E-state index in [4.69, 9.17) is 4.74 Å². The first-order valence-corrected chi connectivity index (χ1v) is 9.00. The molecule has 2 aliphatic heterocycles. The molecule has 10 nitrogen and oxygen atoms in total. The van der Waals surface area contributed by atoms with Crippen LogP contribution in [0.1, 0.15) is 32.9 Å². The summed E-state index contributed by atoms with van der Waals surface area (Å²) in [6, 6.07) is 1.12. The second-order valence-electron chi connectivity index (χ2n) is 7.71. The van der Waals surface area contributed by atoms with Crippen molar-refractivity contribution in [3.8, 4) is 0 Å². The van der Waals surface area contributed by atoms with E-state index in [2.05, 4.69) is 20.6 Å². The van der Waals surface area contributed by atoms with E-state index in [1.165, 1.54) is 18.0 Å². The van der Waals surface area contributed by atoms with E-state index in [1.54, 1.807) is 12.3 Å². The quantitative estimate of drug-likeness (QED) is 0.588. The van der Waals surface area contributed by atoms with Crippen LogP contribution in [0.2, 0.25) is 0 Å². The predicted octanol–water partition coefficient (Wildman–Crippen LogP) is 1.10. The summed E-state index contributed by atoms with van der Waals surface area (Å²) in [6.45, 7) is 6.68. The number of imide groups is 1. The third kappa shape index (κ3) is 4.56. The third-order valence-corrected chi connectivity index (χ3v) is 4.26. The zero-order valence-corrected chi connectivity index (χ0v) is 16.4. The molecule has 1 unspecified atom stereocenters. The van der Waals surface area contributed by atoms with Gasteiger partial charge in [-0.25, -0.2) is 19.6 Å². The Morgan fingerprint density at radius 3 is 2.79 bits per heavy atom. The summed E-state index contributed by atoms with van der Waals surface area (Å²) in [4.78, 5) is 47.2. The van der Waals surface area contributed by atoms with Gasteiger partial charge in [-0.3, -0.25) is 15.0 Å². The molecule has 1 aromatic heterocycles. The molecule has 4 amide bonds. The van der Waals surface area contributed by atoms with Gasteiger partial charge in [0.25, 0.3) is 5.91 Å². The molecular formula is C18H24N6O4. The van der Waals surface area contributed by atoms with E-state index in [0.717, 1.165) is 6.42 Å². The van der Waals surface area contributed by atoms with Gasteiger partial charge < -0.3 is 15.0 Å². The van der Waals surface area contributed by atoms with Crippen LogP contribution in [-0.4, -0.2) is 64.7 Å². The van der Waals surface area contributed by atoms with Crippen molar-refractivity contribution in [1.29, 1.82) is 0 Å². The Morgan fingerprint density at radius 1 is 1.39 bits per heavy atom. The Kier molecular flexibility index (Phi) is 5.21. The van der Waals surface area contributed by atoms with Crippen molar-refractivity contribution < 1.29 is 19.1 Å². The number of rotatable bonds is 3. The number of amides is 4. The normalized spacial score (nSPS) is 21.3. The van der Waals surface area contributed by atoms with Gasteiger partial charge >= 0.3 is 12.1 Å². The van der Waals surface area contributed by atoms with Crippen LogP contribution in [0.25, 0.3) is 6.08 Å². The lowest BCUT2D eigenvalue weighted by Gasteiger charge is -2.22. The van der Waals surface area contributed by atoms with Crippen molar-refractivity contribution >= 4 is 30.1 Å². The lowest BCUT2D eigenvalue weighted by Crippen LogP contribution is -2.40. The number of alkyl carbamates (subject to hydrolysis) is 1. The summed E-state index contributed by atoms with van der Waals surface area (Å²) in [5.74, 6) is 0.0330. The molecule has 3 rings (SSSR count). The molecule has 0 spiro atoms. The van der Waals surface area contributed by atoms with E-state index in [0.29, 0.717) is 24.7 Å². The zero-order chi connectivity index (χ0) is 20.5. The number of carbonyl (C=O) groups is 3. The third-order valence-electron chi connectivity index (χ3n) is 4.26. The smallest absolute Gasteiger partial charge is 0.407 e. The minimum absolute atomic E-state index is 0.0650. The maximum atomic E-state index is 11.9. The number of nitrogens with zero attached hydrogens (tertiary/aromatic N) is 4. The number of urea groups is 1. The average molecular weight is 388 g/mol. The van der Waals surface area contributed by atoms with E-state index < -0.39 is 23.6 Å². The Labute approximate surface area is 162 Å². The molecule has 150 valence electrons. The van der Waals surface area contributed by atoms with E-state index in [9.17, 15) is 14.4 Å². The Morgan fingerprint density at radius 2 is 2.14 bits per heavy atom. The molecule has 2 fully saturated rings. The number of ether oxygens (including phenoxy) is 1. The molecule has 0 aromatic carbocycles. The predicted molar refractivity (Wildman–Crippen MR) is 101 cm³/mol. The van der Waals surface area contributed by atoms with Crippen molar-refractivity contribution in [2.75, 3.05) is 25.0 Å². The molecule has 0 radical (unpaired) electrons. The molecule has 2 aliphatic rings. The molecule has 2 N–H and O–H groups in total. The van der Waals surface area contributed by atoms with Gasteiger partial charge in [-0.05, 0) is 39.3 Å². The number of nitrogens with one attached hydrogen (secondary N) is 2. The second-order valence-corrected chi connectivity index (χ2v) is 7.71. The van der Waals surface area contributed by atoms with Crippen molar-refractivity contribution in [3.05, 3.63) is 23.7 Å². The monoisotopic (exact) mass is 388 g/mol. The highest BCUT2D eigenvalue weighted by atomic mass is 16.6. The summed E-state index contributed by atoms with van der Waals surface area (Å²) < 4.78 is 5.29. The van der Waals surface area contributed by atoms with E-state index in [-0.39, 0.29) is 11.7 Å². The summed E-state index contributed by atoms with van der Waals surface area (Å²) in [7, 11) is 1.52. The topological polar surface area (TPSA) is 117 Å². The van der Waals surface area contributed by atoms with Crippen LogP contribution in [0.15, 0.2) is 18.0 Å². The summed E-state index contributed by atoms with van der Waals surface area (Å²) in [5.41, 5.74) is 0.190.